The van der Waals surface area contributed by atoms with E-state index in [-0.39, 0.29) is 5.91 Å². The number of methoxy groups -OCH3 is 2. The standard InChI is InChI=1S/C27H30N4O3S/c1-5-20-15-19(11-13-28-20)27-30-24(17-35-27)25-16-23(26(32)29-12-6-14-33-3)18(2)31(25)21-7-9-22(34-4)10-8-21/h7-11,13,15-17H,5-6,12,14H2,1-4H3,(H,29,32). The number of carbonyl (C=O) groups excluding carboxylic acids is 1. The van der Waals surface area contributed by atoms with Gasteiger partial charge in [-0.05, 0) is 62.2 Å². The largest absolute Gasteiger partial charge is 0.497 e. The van der Waals surface area contributed by atoms with Crippen molar-refractivity contribution in [2.75, 3.05) is 27.4 Å². The van der Waals surface area contributed by atoms with Gasteiger partial charge in [0.1, 0.15) is 10.8 Å². The van der Waals surface area contributed by atoms with E-state index in [4.69, 9.17) is 14.5 Å². The highest BCUT2D eigenvalue weighted by molar-refractivity contribution is 7.13. The van der Waals surface area contributed by atoms with Crippen molar-refractivity contribution in [2.24, 2.45) is 0 Å². The summed E-state index contributed by atoms with van der Waals surface area (Å²) in [6.07, 6.45) is 3.45. The maximum absolute atomic E-state index is 13.0. The van der Waals surface area contributed by atoms with Gasteiger partial charge in [-0.15, -0.1) is 11.3 Å². The Hall–Kier alpha value is -3.49. The number of thiazole rings is 1. The molecule has 1 amide bonds. The molecule has 0 saturated heterocycles. The van der Waals surface area contributed by atoms with Gasteiger partial charge >= 0.3 is 0 Å². The van der Waals surface area contributed by atoms with Crippen molar-refractivity contribution in [3.05, 3.63) is 71.0 Å². The van der Waals surface area contributed by atoms with Crippen LogP contribution in [0.15, 0.2) is 54.0 Å². The molecule has 7 nitrogen and oxygen atoms in total. The minimum atomic E-state index is -0.107. The Bertz CT molecular complexity index is 1290. The molecular weight excluding hydrogens is 460 g/mol. The van der Waals surface area contributed by atoms with Crippen LogP contribution in [0.4, 0.5) is 0 Å². The van der Waals surface area contributed by atoms with Gasteiger partial charge < -0.3 is 19.4 Å². The lowest BCUT2D eigenvalue weighted by Crippen LogP contribution is -2.25. The number of ether oxygens (including phenoxy) is 2. The third-order valence-corrected chi connectivity index (χ3v) is 6.72. The molecule has 0 spiro atoms. The first-order valence-corrected chi connectivity index (χ1v) is 12.5. The zero-order valence-electron chi connectivity index (χ0n) is 20.5. The molecule has 8 heteroatoms. The second-order valence-corrected chi connectivity index (χ2v) is 8.95. The van der Waals surface area contributed by atoms with Gasteiger partial charge in [-0.25, -0.2) is 4.98 Å². The van der Waals surface area contributed by atoms with Crippen LogP contribution in [-0.4, -0.2) is 47.8 Å². The number of carbonyl (C=O) groups is 1. The SMILES string of the molecule is CCc1cc(-c2nc(-c3cc(C(=O)NCCCOC)c(C)n3-c3ccc(OC)cc3)cs2)ccn1. The monoisotopic (exact) mass is 490 g/mol. The fourth-order valence-corrected chi connectivity index (χ4v) is 4.74. The topological polar surface area (TPSA) is 78.3 Å². The van der Waals surface area contributed by atoms with Crippen molar-refractivity contribution in [1.29, 1.82) is 0 Å². The fraction of sp³-hybridized carbons (Fsp3) is 0.296. The Morgan fingerprint density at radius 2 is 1.94 bits per heavy atom. The number of hydrogen-bond acceptors (Lipinski definition) is 6. The maximum atomic E-state index is 13.0. The molecule has 0 aliphatic heterocycles. The molecule has 0 radical (unpaired) electrons. The Balaban J connectivity index is 1.74. The molecule has 35 heavy (non-hydrogen) atoms. The van der Waals surface area contributed by atoms with Crippen molar-refractivity contribution < 1.29 is 14.3 Å². The van der Waals surface area contributed by atoms with E-state index >= 15 is 0 Å². The zero-order chi connectivity index (χ0) is 24.8. The lowest BCUT2D eigenvalue weighted by molar-refractivity contribution is 0.0948. The van der Waals surface area contributed by atoms with E-state index < -0.39 is 0 Å². The highest BCUT2D eigenvalue weighted by atomic mass is 32.1. The Kier molecular flexibility index (Phi) is 7.94. The van der Waals surface area contributed by atoms with Gasteiger partial charge in [0, 0.05) is 54.5 Å². The van der Waals surface area contributed by atoms with Gasteiger partial charge in [0.15, 0.2) is 0 Å². The zero-order valence-corrected chi connectivity index (χ0v) is 21.3. The number of hydrogen-bond donors (Lipinski definition) is 1. The van der Waals surface area contributed by atoms with Gasteiger partial charge in [-0.2, -0.15) is 0 Å². The van der Waals surface area contributed by atoms with E-state index in [1.807, 2.05) is 54.9 Å². The van der Waals surface area contributed by atoms with Gasteiger partial charge in [0.2, 0.25) is 0 Å². The smallest absolute Gasteiger partial charge is 0.253 e. The Labute approximate surface area is 209 Å². The molecule has 0 saturated carbocycles. The molecule has 3 heterocycles. The van der Waals surface area contributed by atoms with Crippen LogP contribution in [0, 0.1) is 6.92 Å². The van der Waals surface area contributed by atoms with Crippen LogP contribution in [0.2, 0.25) is 0 Å². The van der Waals surface area contributed by atoms with Crippen molar-refractivity contribution in [3.63, 3.8) is 0 Å². The molecule has 0 fully saturated rings. The van der Waals surface area contributed by atoms with E-state index in [9.17, 15) is 4.79 Å². The van der Waals surface area contributed by atoms with Gasteiger partial charge in [0.05, 0.1) is 24.1 Å². The summed E-state index contributed by atoms with van der Waals surface area (Å²) in [4.78, 5) is 22.4. The Morgan fingerprint density at radius 3 is 2.66 bits per heavy atom. The Morgan fingerprint density at radius 1 is 1.14 bits per heavy atom. The number of aryl methyl sites for hydroxylation is 1. The number of benzene rings is 1. The van der Waals surface area contributed by atoms with Crippen LogP contribution in [-0.2, 0) is 11.2 Å². The van der Waals surface area contributed by atoms with E-state index in [0.29, 0.717) is 18.7 Å². The number of aromatic nitrogens is 3. The van der Waals surface area contributed by atoms with Crippen LogP contribution in [0.3, 0.4) is 0 Å². The second kappa shape index (κ2) is 11.3. The summed E-state index contributed by atoms with van der Waals surface area (Å²) in [7, 11) is 3.30. The van der Waals surface area contributed by atoms with Crippen molar-refractivity contribution in [2.45, 2.75) is 26.7 Å². The summed E-state index contributed by atoms with van der Waals surface area (Å²) in [6, 6.07) is 13.8. The van der Waals surface area contributed by atoms with Crippen molar-refractivity contribution in [1.82, 2.24) is 19.9 Å². The molecule has 0 atom stereocenters. The molecule has 0 aliphatic rings. The molecule has 0 aliphatic carbocycles. The quantitative estimate of drug-likeness (QED) is 0.305. The van der Waals surface area contributed by atoms with Gasteiger partial charge in [-0.1, -0.05) is 6.92 Å². The summed E-state index contributed by atoms with van der Waals surface area (Å²) in [5.41, 5.74) is 6.16. The van der Waals surface area contributed by atoms with E-state index in [0.717, 1.165) is 57.6 Å². The molecule has 1 aromatic carbocycles. The van der Waals surface area contributed by atoms with Crippen LogP contribution in [0.5, 0.6) is 5.75 Å². The van der Waals surface area contributed by atoms with Crippen LogP contribution >= 0.6 is 11.3 Å². The lowest BCUT2D eigenvalue weighted by atomic mass is 10.2. The first kappa shape index (κ1) is 24.6. The number of pyridine rings is 1. The molecule has 0 bridgehead atoms. The first-order valence-electron chi connectivity index (χ1n) is 11.6. The van der Waals surface area contributed by atoms with E-state index in [1.165, 1.54) is 0 Å². The minimum Gasteiger partial charge on any atom is -0.497 e. The summed E-state index contributed by atoms with van der Waals surface area (Å²) >= 11 is 1.58. The molecule has 0 unspecified atom stereocenters. The normalized spacial score (nSPS) is 11.0. The van der Waals surface area contributed by atoms with Crippen LogP contribution in [0.25, 0.3) is 27.6 Å². The predicted octanol–water partition coefficient (Wildman–Crippen LogP) is 5.31. The second-order valence-electron chi connectivity index (χ2n) is 8.09. The van der Waals surface area contributed by atoms with Gasteiger partial charge in [-0.3, -0.25) is 9.78 Å². The summed E-state index contributed by atoms with van der Waals surface area (Å²) in [5, 5.41) is 5.96. The predicted molar refractivity (Wildman–Crippen MR) is 140 cm³/mol. The van der Waals surface area contributed by atoms with Crippen LogP contribution < -0.4 is 10.1 Å². The summed E-state index contributed by atoms with van der Waals surface area (Å²) in [5.74, 6) is 0.667. The molecule has 4 rings (SSSR count). The minimum absolute atomic E-state index is 0.107. The van der Waals surface area contributed by atoms with Crippen molar-refractivity contribution in [3.8, 4) is 33.4 Å². The fourth-order valence-electron chi connectivity index (χ4n) is 3.93. The average molecular weight is 491 g/mol. The molecular formula is C27H30N4O3S. The van der Waals surface area contributed by atoms with Crippen LogP contribution in [0.1, 0.15) is 35.1 Å². The highest BCUT2D eigenvalue weighted by Crippen LogP contribution is 2.34. The number of nitrogens with one attached hydrogen (secondary N) is 1. The van der Waals surface area contributed by atoms with Crippen molar-refractivity contribution >= 4 is 17.2 Å². The van der Waals surface area contributed by atoms with E-state index in [1.54, 1.807) is 25.6 Å². The summed E-state index contributed by atoms with van der Waals surface area (Å²) < 4.78 is 12.5. The van der Waals surface area contributed by atoms with Gasteiger partial charge in [0.25, 0.3) is 5.91 Å². The lowest BCUT2D eigenvalue weighted by Gasteiger charge is -2.12. The third-order valence-electron chi connectivity index (χ3n) is 5.83. The molecule has 1 N–H and O–H groups in total. The first-order chi connectivity index (χ1) is 17.0. The third kappa shape index (κ3) is 5.44. The van der Waals surface area contributed by atoms with E-state index in [2.05, 4.69) is 27.9 Å². The number of amides is 1. The average Bonchev–Trinajstić information content (AvgIpc) is 3.51. The highest BCUT2D eigenvalue weighted by Gasteiger charge is 2.21. The number of rotatable bonds is 10. The molecule has 4 aromatic rings. The number of nitrogens with zero attached hydrogens (tertiary/aromatic N) is 3. The summed E-state index contributed by atoms with van der Waals surface area (Å²) in [6.45, 7) is 5.21. The molecule has 3 aromatic heterocycles. The molecule has 182 valence electrons. The maximum Gasteiger partial charge on any atom is 0.253 e.